The molecular formula is C52H94NO7+. The van der Waals surface area contributed by atoms with Gasteiger partial charge in [0.2, 0.25) is 0 Å². The monoisotopic (exact) mass is 845 g/mol. The number of esters is 2. The average Bonchev–Trinajstić information content (AvgIpc) is 3.21. The summed E-state index contributed by atoms with van der Waals surface area (Å²) in [6, 6.07) is -0.615. The largest absolute Gasteiger partial charge is 0.477 e. The highest BCUT2D eigenvalue weighted by molar-refractivity contribution is 5.72. The van der Waals surface area contributed by atoms with Crippen LogP contribution in [0.15, 0.2) is 48.6 Å². The first-order valence-corrected chi connectivity index (χ1v) is 24.7. The lowest BCUT2D eigenvalue weighted by Gasteiger charge is -2.31. The zero-order valence-electron chi connectivity index (χ0n) is 39.7. The van der Waals surface area contributed by atoms with Crippen molar-refractivity contribution in [3.05, 3.63) is 48.6 Å². The summed E-state index contributed by atoms with van der Waals surface area (Å²) >= 11 is 0. The molecule has 2 atom stereocenters. The molecule has 0 aromatic heterocycles. The molecule has 0 fully saturated rings. The molecule has 0 aliphatic heterocycles. The minimum atomic E-state index is -0.875. The van der Waals surface area contributed by atoms with Gasteiger partial charge in [-0.05, 0) is 51.4 Å². The van der Waals surface area contributed by atoms with Crippen LogP contribution in [0, 0.1) is 0 Å². The molecule has 0 amide bonds. The van der Waals surface area contributed by atoms with Gasteiger partial charge in [-0.2, -0.15) is 0 Å². The number of allylic oxidation sites excluding steroid dienone is 8. The highest BCUT2D eigenvalue weighted by atomic mass is 16.6. The van der Waals surface area contributed by atoms with E-state index in [2.05, 4.69) is 62.5 Å². The second kappa shape index (κ2) is 43.0. The zero-order chi connectivity index (χ0) is 44.2. The van der Waals surface area contributed by atoms with Crippen molar-refractivity contribution in [2.75, 3.05) is 41.0 Å². The number of ether oxygens (including phenoxy) is 3. The molecule has 0 heterocycles. The predicted molar refractivity (Wildman–Crippen MR) is 252 cm³/mol. The number of nitrogens with zero attached hydrogens (tertiary/aromatic N) is 1. The van der Waals surface area contributed by atoms with E-state index in [4.69, 9.17) is 14.2 Å². The van der Waals surface area contributed by atoms with Crippen LogP contribution >= 0.6 is 0 Å². The van der Waals surface area contributed by atoms with Gasteiger partial charge in [-0.25, -0.2) is 4.79 Å². The van der Waals surface area contributed by atoms with Crippen LogP contribution in [0.5, 0.6) is 0 Å². The number of unbranched alkanes of at least 4 members (excludes halogenated alkanes) is 22. The predicted octanol–water partition coefficient (Wildman–Crippen LogP) is 14.0. The van der Waals surface area contributed by atoms with E-state index >= 15 is 0 Å². The molecule has 1 N–H and O–H groups in total. The fraction of sp³-hybridized carbons (Fsp3) is 0.788. The van der Waals surface area contributed by atoms with Gasteiger partial charge < -0.3 is 23.8 Å². The molecule has 0 bridgehead atoms. The summed E-state index contributed by atoms with van der Waals surface area (Å²) in [6.07, 6.45) is 51.5. The van der Waals surface area contributed by atoms with Gasteiger partial charge >= 0.3 is 17.9 Å². The number of hydrogen-bond donors (Lipinski definition) is 1. The SMILES string of the molecule is CC/C=C\C/C=C\C/C=C\C/C=C\CCCCCCCCCCCCC(=O)OC(COCCC(C(=O)O)[N+](C)(C)C)COC(=O)CCCCCCCCCCCCCCC. The average molecular weight is 845 g/mol. The lowest BCUT2D eigenvalue weighted by molar-refractivity contribution is -0.887. The van der Waals surface area contributed by atoms with E-state index in [9.17, 15) is 19.5 Å². The highest BCUT2D eigenvalue weighted by Gasteiger charge is 2.31. The second-order valence-corrected chi connectivity index (χ2v) is 17.7. The van der Waals surface area contributed by atoms with E-state index in [1.54, 1.807) is 0 Å². The minimum absolute atomic E-state index is 0.0505. The van der Waals surface area contributed by atoms with E-state index in [0.29, 0.717) is 19.3 Å². The third-order valence-electron chi connectivity index (χ3n) is 11.0. The zero-order valence-corrected chi connectivity index (χ0v) is 39.7. The third-order valence-corrected chi connectivity index (χ3v) is 11.0. The van der Waals surface area contributed by atoms with Crippen molar-refractivity contribution in [3.63, 3.8) is 0 Å². The van der Waals surface area contributed by atoms with Crippen molar-refractivity contribution in [1.82, 2.24) is 0 Å². The number of aliphatic carboxylic acids is 1. The van der Waals surface area contributed by atoms with Crippen molar-refractivity contribution in [2.24, 2.45) is 0 Å². The molecule has 60 heavy (non-hydrogen) atoms. The fourth-order valence-corrected chi connectivity index (χ4v) is 7.20. The first-order valence-electron chi connectivity index (χ1n) is 24.7. The Kier molecular flexibility index (Phi) is 41.0. The number of carbonyl (C=O) groups is 3. The Morgan fingerprint density at radius 1 is 0.517 bits per heavy atom. The third kappa shape index (κ3) is 40.7. The molecule has 0 aliphatic carbocycles. The van der Waals surface area contributed by atoms with Crippen LogP contribution in [-0.2, 0) is 28.6 Å². The Labute approximate surface area is 369 Å². The van der Waals surface area contributed by atoms with Crippen molar-refractivity contribution in [3.8, 4) is 0 Å². The van der Waals surface area contributed by atoms with Crippen molar-refractivity contribution >= 4 is 17.9 Å². The number of carboxylic acids is 1. The van der Waals surface area contributed by atoms with Gasteiger partial charge in [-0.15, -0.1) is 0 Å². The van der Waals surface area contributed by atoms with E-state index in [0.717, 1.165) is 64.2 Å². The standard InChI is InChI=1S/C52H93NO7/c1-6-8-10-12-14-16-18-20-21-22-23-24-25-26-27-28-29-31-33-35-37-39-41-43-51(55)60-48(46-58-45-44-49(52(56)57)53(3,4)5)47-59-50(54)42-40-38-36-34-32-30-19-17-15-13-11-9-7-2/h8,10,14,16,20-21,23-24,48-49H,6-7,9,11-13,15,17-19,22,25-47H2,1-5H3/p+1/b10-8-,16-14-,21-20-,24-23-. The number of quaternary nitrogens is 1. The van der Waals surface area contributed by atoms with Gasteiger partial charge in [-0.1, -0.05) is 191 Å². The molecule has 0 saturated carbocycles. The van der Waals surface area contributed by atoms with Crippen LogP contribution in [0.3, 0.4) is 0 Å². The van der Waals surface area contributed by atoms with Crippen molar-refractivity contribution in [2.45, 2.75) is 225 Å². The number of carbonyl (C=O) groups excluding carboxylic acids is 2. The molecule has 0 rings (SSSR count). The highest BCUT2D eigenvalue weighted by Crippen LogP contribution is 2.15. The molecule has 0 aromatic rings. The van der Waals surface area contributed by atoms with E-state index < -0.39 is 18.1 Å². The van der Waals surface area contributed by atoms with Crippen molar-refractivity contribution in [1.29, 1.82) is 0 Å². The molecule has 0 radical (unpaired) electrons. The van der Waals surface area contributed by atoms with Crippen LogP contribution in [0.25, 0.3) is 0 Å². The maximum atomic E-state index is 12.8. The summed E-state index contributed by atoms with van der Waals surface area (Å²) < 4.78 is 17.3. The first-order chi connectivity index (χ1) is 29.1. The Morgan fingerprint density at radius 3 is 1.38 bits per heavy atom. The van der Waals surface area contributed by atoms with Crippen LogP contribution < -0.4 is 0 Å². The molecule has 0 spiro atoms. The molecule has 8 heteroatoms. The summed E-state index contributed by atoms with van der Waals surface area (Å²) in [5.74, 6) is -1.46. The quantitative estimate of drug-likeness (QED) is 0.0282. The molecule has 0 saturated heterocycles. The molecule has 0 aliphatic rings. The topological polar surface area (TPSA) is 99.1 Å². The number of carboxylic acid groups (broad SMARTS) is 1. The van der Waals surface area contributed by atoms with Gasteiger partial charge in [0, 0.05) is 19.3 Å². The van der Waals surface area contributed by atoms with E-state index in [1.165, 1.54) is 116 Å². The fourth-order valence-electron chi connectivity index (χ4n) is 7.20. The number of rotatable bonds is 44. The second-order valence-electron chi connectivity index (χ2n) is 17.7. The number of likely N-dealkylation sites (N-methyl/N-ethyl adjacent to an activating group) is 1. The minimum Gasteiger partial charge on any atom is -0.477 e. The Morgan fingerprint density at radius 2 is 0.933 bits per heavy atom. The Hall–Kier alpha value is -2.71. The molecule has 348 valence electrons. The van der Waals surface area contributed by atoms with Gasteiger partial charge in [0.1, 0.15) is 6.61 Å². The maximum absolute atomic E-state index is 12.8. The van der Waals surface area contributed by atoms with Gasteiger partial charge in [-0.3, -0.25) is 9.59 Å². The lowest BCUT2D eigenvalue weighted by Crippen LogP contribution is -2.50. The van der Waals surface area contributed by atoms with Crippen LogP contribution in [0.4, 0.5) is 0 Å². The van der Waals surface area contributed by atoms with Gasteiger partial charge in [0.25, 0.3) is 0 Å². The summed E-state index contributed by atoms with van der Waals surface area (Å²) in [4.78, 5) is 37.1. The summed E-state index contributed by atoms with van der Waals surface area (Å²) in [6.45, 7) is 4.64. The molecular weight excluding hydrogens is 751 g/mol. The summed E-state index contributed by atoms with van der Waals surface area (Å²) in [5.41, 5.74) is 0. The van der Waals surface area contributed by atoms with E-state index in [-0.39, 0.29) is 36.2 Å². The van der Waals surface area contributed by atoms with Gasteiger partial charge in [0.05, 0.1) is 34.4 Å². The lowest BCUT2D eigenvalue weighted by atomic mass is 10.0. The summed E-state index contributed by atoms with van der Waals surface area (Å²) in [7, 11) is 5.53. The van der Waals surface area contributed by atoms with Crippen LogP contribution in [0.1, 0.15) is 213 Å². The molecule has 8 nitrogen and oxygen atoms in total. The normalized spacial score (nSPS) is 13.3. The Balaban J connectivity index is 4.23. The Bertz CT molecular complexity index is 1120. The first kappa shape index (κ1) is 57.3. The van der Waals surface area contributed by atoms with Gasteiger partial charge in [0.15, 0.2) is 12.1 Å². The van der Waals surface area contributed by atoms with E-state index in [1.807, 2.05) is 21.1 Å². The van der Waals surface area contributed by atoms with Crippen LogP contribution in [-0.4, -0.2) is 80.6 Å². The number of hydrogen-bond acceptors (Lipinski definition) is 6. The molecule has 0 aromatic carbocycles. The maximum Gasteiger partial charge on any atom is 0.362 e. The summed E-state index contributed by atoms with van der Waals surface area (Å²) in [5, 5.41) is 9.64. The van der Waals surface area contributed by atoms with Crippen molar-refractivity contribution < 1.29 is 38.2 Å². The van der Waals surface area contributed by atoms with Crippen LogP contribution in [0.2, 0.25) is 0 Å². The molecule has 2 unspecified atom stereocenters. The smallest absolute Gasteiger partial charge is 0.362 e.